The number of thioether (sulfide) groups is 1. The van der Waals surface area contributed by atoms with Gasteiger partial charge in [-0.05, 0) is 42.3 Å². The van der Waals surface area contributed by atoms with Gasteiger partial charge >= 0.3 is 0 Å². The van der Waals surface area contributed by atoms with E-state index in [0.717, 1.165) is 11.1 Å². The third-order valence-electron chi connectivity index (χ3n) is 2.85. The average Bonchev–Trinajstić information content (AvgIpc) is 2.43. The summed E-state index contributed by atoms with van der Waals surface area (Å²) in [5, 5.41) is 3.41. The second-order valence-corrected chi connectivity index (χ2v) is 6.03. The molecule has 0 saturated carbocycles. The summed E-state index contributed by atoms with van der Waals surface area (Å²) in [6.07, 6.45) is 0. The van der Waals surface area contributed by atoms with Crippen LogP contribution in [0.15, 0.2) is 42.5 Å². The van der Waals surface area contributed by atoms with Crippen molar-refractivity contribution >= 4 is 35.0 Å². The first kappa shape index (κ1) is 15.9. The average molecular weight is 324 g/mol. The molecule has 2 rings (SSSR count). The van der Waals surface area contributed by atoms with Crippen LogP contribution in [0.1, 0.15) is 11.1 Å². The van der Waals surface area contributed by atoms with Gasteiger partial charge in [0.15, 0.2) is 0 Å². The Morgan fingerprint density at radius 3 is 2.81 bits per heavy atom. The molecule has 1 N–H and O–H groups in total. The summed E-state index contributed by atoms with van der Waals surface area (Å²) in [5.74, 6) is 0.546. The number of hydrogen-bond acceptors (Lipinski definition) is 2. The SMILES string of the molecule is Cc1ccc(NC(=O)CSCc2cccc(F)c2)cc1Cl. The van der Waals surface area contributed by atoms with Gasteiger partial charge in [0.2, 0.25) is 5.91 Å². The van der Waals surface area contributed by atoms with E-state index in [1.54, 1.807) is 12.1 Å². The van der Waals surface area contributed by atoms with Gasteiger partial charge < -0.3 is 5.32 Å². The smallest absolute Gasteiger partial charge is 0.234 e. The van der Waals surface area contributed by atoms with Gasteiger partial charge in [0.25, 0.3) is 0 Å². The number of halogens is 2. The zero-order chi connectivity index (χ0) is 15.2. The molecule has 110 valence electrons. The molecule has 0 saturated heterocycles. The van der Waals surface area contributed by atoms with E-state index in [0.29, 0.717) is 22.2 Å². The fourth-order valence-corrected chi connectivity index (χ4v) is 2.71. The standard InChI is InChI=1S/C16H15ClFNOS/c1-11-5-6-14(8-15(11)17)19-16(20)10-21-9-12-3-2-4-13(18)7-12/h2-8H,9-10H2,1H3,(H,19,20). The first-order chi connectivity index (χ1) is 10.0. The summed E-state index contributed by atoms with van der Waals surface area (Å²) in [7, 11) is 0. The van der Waals surface area contributed by atoms with Gasteiger partial charge in [0, 0.05) is 16.5 Å². The van der Waals surface area contributed by atoms with Crippen molar-refractivity contribution < 1.29 is 9.18 Å². The largest absolute Gasteiger partial charge is 0.325 e. The van der Waals surface area contributed by atoms with E-state index in [1.165, 1.54) is 23.9 Å². The molecule has 0 atom stereocenters. The zero-order valence-corrected chi connectivity index (χ0v) is 13.1. The molecule has 2 nitrogen and oxygen atoms in total. The van der Waals surface area contributed by atoms with E-state index in [-0.39, 0.29) is 11.7 Å². The van der Waals surface area contributed by atoms with E-state index >= 15 is 0 Å². The molecular weight excluding hydrogens is 309 g/mol. The Morgan fingerprint density at radius 1 is 1.29 bits per heavy atom. The normalized spacial score (nSPS) is 10.4. The minimum absolute atomic E-state index is 0.101. The molecule has 0 aliphatic rings. The Bertz CT molecular complexity index is 648. The molecule has 0 bridgehead atoms. The number of carbonyl (C=O) groups excluding carboxylic acids is 1. The summed E-state index contributed by atoms with van der Waals surface area (Å²) in [6, 6.07) is 11.8. The van der Waals surface area contributed by atoms with Crippen LogP contribution in [0.5, 0.6) is 0 Å². The fourth-order valence-electron chi connectivity index (χ4n) is 1.76. The highest BCUT2D eigenvalue weighted by molar-refractivity contribution is 7.99. The second-order valence-electron chi connectivity index (χ2n) is 4.63. The predicted octanol–water partition coefficient (Wildman–Crippen LogP) is 4.66. The monoisotopic (exact) mass is 323 g/mol. The van der Waals surface area contributed by atoms with Gasteiger partial charge in [0.05, 0.1) is 5.75 Å². The maximum Gasteiger partial charge on any atom is 0.234 e. The highest BCUT2D eigenvalue weighted by Gasteiger charge is 2.05. The van der Waals surface area contributed by atoms with E-state index < -0.39 is 0 Å². The van der Waals surface area contributed by atoms with Gasteiger partial charge in [-0.3, -0.25) is 4.79 Å². The van der Waals surface area contributed by atoms with Crippen LogP contribution in [0.25, 0.3) is 0 Å². The van der Waals surface area contributed by atoms with Gasteiger partial charge in [0.1, 0.15) is 5.82 Å². The molecule has 0 aliphatic heterocycles. The summed E-state index contributed by atoms with van der Waals surface area (Å²) >= 11 is 7.44. The van der Waals surface area contributed by atoms with Crippen molar-refractivity contribution in [1.29, 1.82) is 0 Å². The van der Waals surface area contributed by atoms with Crippen molar-refractivity contribution in [2.45, 2.75) is 12.7 Å². The van der Waals surface area contributed by atoms with E-state index in [2.05, 4.69) is 5.32 Å². The second kappa shape index (κ2) is 7.48. The molecule has 21 heavy (non-hydrogen) atoms. The van der Waals surface area contributed by atoms with Crippen LogP contribution in [0, 0.1) is 12.7 Å². The lowest BCUT2D eigenvalue weighted by molar-refractivity contribution is -0.113. The van der Waals surface area contributed by atoms with Crippen LogP contribution < -0.4 is 5.32 Å². The summed E-state index contributed by atoms with van der Waals surface area (Å²) in [5.41, 5.74) is 2.52. The number of aryl methyl sites for hydroxylation is 1. The lowest BCUT2D eigenvalue weighted by atomic mass is 10.2. The van der Waals surface area contributed by atoms with Crippen molar-refractivity contribution in [3.05, 3.63) is 64.4 Å². The molecule has 0 aromatic heterocycles. The van der Waals surface area contributed by atoms with Crippen molar-refractivity contribution in [1.82, 2.24) is 0 Å². The van der Waals surface area contributed by atoms with Crippen LogP contribution in [0.3, 0.4) is 0 Å². The summed E-state index contributed by atoms with van der Waals surface area (Å²) < 4.78 is 13.0. The Labute approximate surface area is 132 Å². The van der Waals surface area contributed by atoms with Gasteiger partial charge in [-0.1, -0.05) is 29.8 Å². The third-order valence-corrected chi connectivity index (χ3v) is 4.26. The lowest BCUT2D eigenvalue weighted by Crippen LogP contribution is -2.14. The van der Waals surface area contributed by atoms with E-state index in [4.69, 9.17) is 11.6 Å². The van der Waals surface area contributed by atoms with Crippen molar-refractivity contribution in [3.8, 4) is 0 Å². The van der Waals surface area contributed by atoms with Crippen LogP contribution in [-0.2, 0) is 10.5 Å². The number of amides is 1. The number of hydrogen-bond donors (Lipinski definition) is 1. The van der Waals surface area contributed by atoms with Crippen LogP contribution in [0.2, 0.25) is 5.02 Å². The first-order valence-corrected chi connectivity index (χ1v) is 7.96. The zero-order valence-electron chi connectivity index (χ0n) is 11.5. The number of nitrogens with one attached hydrogen (secondary N) is 1. The number of rotatable bonds is 5. The van der Waals surface area contributed by atoms with Crippen molar-refractivity contribution in [2.75, 3.05) is 11.1 Å². The summed E-state index contributed by atoms with van der Waals surface area (Å²) in [4.78, 5) is 11.8. The van der Waals surface area contributed by atoms with Gasteiger partial charge in [-0.15, -0.1) is 11.8 Å². The van der Waals surface area contributed by atoms with Crippen LogP contribution >= 0.6 is 23.4 Å². The van der Waals surface area contributed by atoms with Crippen molar-refractivity contribution in [2.24, 2.45) is 0 Å². The highest BCUT2D eigenvalue weighted by Crippen LogP contribution is 2.20. The molecule has 0 radical (unpaired) electrons. The maximum atomic E-state index is 13.0. The Kier molecular flexibility index (Phi) is 5.65. The third kappa shape index (κ3) is 5.06. The molecular formula is C16H15ClFNOS. The quantitative estimate of drug-likeness (QED) is 0.867. The van der Waals surface area contributed by atoms with E-state index in [9.17, 15) is 9.18 Å². The molecule has 2 aromatic rings. The Balaban J connectivity index is 1.81. The number of carbonyl (C=O) groups is 1. The number of benzene rings is 2. The van der Waals surface area contributed by atoms with Crippen molar-refractivity contribution in [3.63, 3.8) is 0 Å². The van der Waals surface area contributed by atoms with Crippen LogP contribution in [-0.4, -0.2) is 11.7 Å². The topological polar surface area (TPSA) is 29.1 Å². The molecule has 1 amide bonds. The summed E-state index contributed by atoms with van der Waals surface area (Å²) in [6.45, 7) is 1.91. The van der Waals surface area contributed by atoms with Crippen LogP contribution in [0.4, 0.5) is 10.1 Å². The molecule has 0 aliphatic carbocycles. The van der Waals surface area contributed by atoms with Gasteiger partial charge in [-0.25, -0.2) is 4.39 Å². The minimum atomic E-state index is -0.258. The first-order valence-electron chi connectivity index (χ1n) is 6.43. The Morgan fingerprint density at radius 2 is 2.10 bits per heavy atom. The molecule has 0 fully saturated rings. The molecule has 0 heterocycles. The lowest BCUT2D eigenvalue weighted by Gasteiger charge is -2.07. The minimum Gasteiger partial charge on any atom is -0.325 e. The maximum absolute atomic E-state index is 13.0. The predicted molar refractivity (Wildman–Crippen MR) is 87.4 cm³/mol. The molecule has 0 spiro atoms. The molecule has 0 unspecified atom stereocenters. The fraction of sp³-hybridized carbons (Fsp3) is 0.188. The highest BCUT2D eigenvalue weighted by atomic mass is 35.5. The number of anilines is 1. The molecule has 5 heteroatoms. The van der Waals surface area contributed by atoms with E-state index in [1.807, 2.05) is 25.1 Å². The van der Waals surface area contributed by atoms with Gasteiger partial charge in [-0.2, -0.15) is 0 Å². The molecule has 2 aromatic carbocycles. The Hall–Kier alpha value is -1.52.